The highest BCUT2D eigenvalue weighted by Gasteiger charge is 2.44. The van der Waals surface area contributed by atoms with Crippen molar-refractivity contribution in [2.24, 2.45) is 0 Å². The van der Waals surface area contributed by atoms with Crippen molar-refractivity contribution in [3.05, 3.63) is 47.3 Å². The number of anilines is 1. The quantitative estimate of drug-likeness (QED) is 0.293. The van der Waals surface area contributed by atoms with Crippen molar-refractivity contribution in [3.63, 3.8) is 0 Å². The summed E-state index contributed by atoms with van der Waals surface area (Å²) in [6.45, 7) is 11.4. The molecule has 0 bridgehead atoms. The molecule has 0 radical (unpaired) electrons. The first-order valence-electron chi connectivity index (χ1n) is 11.9. The van der Waals surface area contributed by atoms with Crippen molar-refractivity contribution < 1.29 is 27.8 Å². The van der Waals surface area contributed by atoms with Gasteiger partial charge in [0.1, 0.15) is 18.1 Å². The highest BCUT2D eigenvalue weighted by Crippen LogP contribution is 2.44. The molecule has 0 spiro atoms. The lowest BCUT2D eigenvalue weighted by molar-refractivity contribution is -0.123. The molecule has 0 saturated heterocycles. The van der Waals surface area contributed by atoms with Gasteiger partial charge in [0.25, 0.3) is 0 Å². The molecule has 1 amide bonds. The molecule has 36 heavy (non-hydrogen) atoms. The SMILES string of the molecule is COc1cc(OC)c(F)c(N2Cc3cnc4c(ccn4COCC[Si](C)(C)C)c3C(C)(C)C2=O)c1F. The minimum Gasteiger partial charge on any atom is -0.493 e. The maximum absolute atomic E-state index is 15.3. The van der Waals surface area contributed by atoms with Crippen LogP contribution in [0.1, 0.15) is 25.0 Å². The molecular formula is C26H33F2N3O4Si. The van der Waals surface area contributed by atoms with E-state index in [4.69, 9.17) is 14.2 Å². The van der Waals surface area contributed by atoms with E-state index in [1.807, 2.05) is 16.8 Å². The second-order valence-corrected chi connectivity index (χ2v) is 16.4. The summed E-state index contributed by atoms with van der Waals surface area (Å²) in [6, 6.07) is 4.11. The zero-order valence-corrected chi connectivity index (χ0v) is 22.9. The van der Waals surface area contributed by atoms with Gasteiger partial charge in [0, 0.05) is 38.5 Å². The van der Waals surface area contributed by atoms with Crippen molar-refractivity contribution in [3.8, 4) is 11.5 Å². The highest BCUT2D eigenvalue weighted by atomic mass is 28.3. The number of carbonyl (C=O) groups excluding carboxylic acids is 1. The van der Waals surface area contributed by atoms with Crippen molar-refractivity contribution in [2.45, 2.75) is 58.2 Å². The molecule has 0 unspecified atom stereocenters. The first-order chi connectivity index (χ1) is 16.9. The molecule has 1 aromatic carbocycles. The van der Waals surface area contributed by atoms with Crippen LogP contribution < -0.4 is 14.4 Å². The lowest BCUT2D eigenvalue weighted by Crippen LogP contribution is -2.48. The smallest absolute Gasteiger partial charge is 0.237 e. The van der Waals surface area contributed by atoms with Crippen molar-refractivity contribution in [1.29, 1.82) is 0 Å². The summed E-state index contributed by atoms with van der Waals surface area (Å²) in [5, 5.41) is 0.823. The Morgan fingerprint density at radius 1 is 1.11 bits per heavy atom. The number of nitrogens with zero attached hydrogens (tertiary/aromatic N) is 3. The number of rotatable bonds is 8. The Labute approximate surface area is 211 Å². The zero-order chi connectivity index (χ0) is 26.4. The van der Waals surface area contributed by atoms with Crippen LogP contribution in [-0.4, -0.2) is 44.4 Å². The maximum Gasteiger partial charge on any atom is 0.237 e. The first-order valence-corrected chi connectivity index (χ1v) is 15.6. The zero-order valence-electron chi connectivity index (χ0n) is 21.9. The Kier molecular flexibility index (Phi) is 6.87. The molecule has 7 nitrogen and oxygen atoms in total. The average Bonchev–Trinajstić information content (AvgIpc) is 3.22. The Hall–Kier alpha value is -2.98. The molecular weight excluding hydrogens is 484 g/mol. The summed E-state index contributed by atoms with van der Waals surface area (Å²) in [5.74, 6) is -2.77. The van der Waals surface area contributed by atoms with Gasteiger partial charge in [-0.15, -0.1) is 0 Å². The summed E-state index contributed by atoms with van der Waals surface area (Å²) < 4.78 is 48.5. The van der Waals surface area contributed by atoms with Gasteiger partial charge < -0.3 is 23.7 Å². The Bertz CT molecular complexity index is 1290. The molecule has 1 aliphatic rings. The fraction of sp³-hybridized carbons (Fsp3) is 0.462. The summed E-state index contributed by atoms with van der Waals surface area (Å²) in [7, 11) is 1.35. The fourth-order valence-corrected chi connectivity index (χ4v) is 5.42. The Morgan fingerprint density at radius 2 is 1.75 bits per heavy atom. The van der Waals surface area contributed by atoms with Crippen molar-refractivity contribution in [1.82, 2.24) is 9.55 Å². The molecule has 0 fully saturated rings. The van der Waals surface area contributed by atoms with Crippen LogP contribution in [0.5, 0.6) is 11.5 Å². The van der Waals surface area contributed by atoms with Crippen LogP contribution in [0.4, 0.5) is 14.5 Å². The second kappa shape index (κ2) is 9.47. The molecule has 194 valence electrons. The molecule has 0 N–H and O–H groups in total. The van der Waals surface area contributed by atoms with Crippen LogP contribution in [0.25, 0.3) is 11.0 Å². The van der Waals surface area contributed by atoms with E-state index in [2.05, 4.69) is 24.6 Å². The number of hydrogen-bond acceptors (Lipinski definition) is 5. The standard InChI is InChI=1S/C26H33F2N3O4Si/c1-26(2)20-16(13-29-24-17(20)8-9-30(24)15-35-10-11-36(5,6)7)14-31(25(26)32)23-21(27)18(33-3)12-19(34-4)22(23)28/h8-9,12-13H,10-11,14-15H2,1-7H3. The number of halogens is 2. The number of hydrogen-bond donors (Lipinski definition) is 0. The molecule has 3 aromatic rings. The van der Waals surface area contributed by atoms with Gasteiger partial charge >= 0.3 is 0 Å². The topological polar surface area (TPSA) is 65.8 Å². The van der Waals surface area contributed by atoms with E-state index < -0.39 is 36.7 Å². The molecule has 10 heteroatoms. The number of ether oxygens (including phenoxy) is 3. The normalized spacial score (nSPS) is 15.4. The van der Waals surface area contributed by atoms with Crippen LogP contribution in [0, 0.1) is 11.6 Å². The van der Waals surface area contributed by atoms with Gasteiger partial charge in [-0.3, -0.25) is 4.79 Å². The van der Waals surface area contributed by atoms with Gasteiger partial charge in [0.2, 0.25) is 5.91 Å². The number of fused-ring (bicyclic) bond motifs is 3. The van der Waals surface area contributed by atoms with E-state index in [0.29, 0.717) is 24.5 Å². The summed E-state index contributed by atoms with van der Waals surface area (Å²) in [5.41, 5.74) is 0.643. The lowest BCUT2D eigenvalue weighted by atomic mass is 9.76. The van der Waals surface area contributed by atoms with Crippen LogP contribution in [0.15, 0.2) is 24.5 Å². The van der Waals surface area contributed by atoms with E-state index >= 15 is 8.78 Å². The number of carbonyl (C=O) groups is 1. The lowest BCUT2D eigenvalue weighted by Gasteiger charge is -2.39. The maximum atomic E-state index is 15.3. The Balaban J connectivity index is 1.73. The second-order valence-electron chi connectivity index (χ2n) is 10.8. The van der Waals surface area contributed by atoms with Crippen LogP contribution in [0.2, 0.25) is 25.7 Å². The molecule has 4 rings (SSSR count). The predicted molar refractivity (Wildman–Crippen MR) is 138 cm³/mol. The van der Waals surface area contributed by atoms with E-state index in [9.17, 15) is 4.79 Å². The largest absolute Gasteiger partial charge is 0.493 e. The number of benzene rings is 1. The minimum atomic E-state index is -1.20. The van der Waals surface area contributed by atoms with Crippen molar-refractivity contribution in [2.75, 3.05) is 25.7 Å². The molecule has 1 aliphatic heterocycles. The first kappa shape index (κ1) is 26.1. The van der Waals surface area contributed by atoms with Gasteiger partial charge in [-0.2, -0.15) is 0 Å². The summed E-state index contributed by atoms with van der Waals surface area (Å²) in [6.07, 6.45) is 3.57. The average molecular weight is 518 g/mol. The number of pyridine rings is 1. The van der Waals surface area contributed by atoms with Crippen LogP contribution in [0.3, 0.4) is 0 Å². The third-order valence-electron chi connectivity index (χ3n) is 6.65. The summed E-state index contributed by atoms with van der Waals surface area (Å²) in [4.78, 5) is 19.5. The molecule has 0 saturated carbocycles. The van der Waals surface area contributed by atoms with Crippen LogP contribution in [-0.2, 0) is 28.2 Å². The number of amides is 1. The third-order valence-corrected chi connectivity index (χ3v) is 8.35. The van der Waals surface area contributed by atoms with E-state index in [1.165, 1.54) is 14.2 Å². The van der Waals surface area contributed by atoms with E-state index in [0.717, 1.165) is 28.0 Å². The highest BCUT2D eigenvalue weighted by molar-refractivity contribution is 6.76. The van der Waals surface area contributed by atoms with Gasteiger partial charge in [-0.25, -0.2) is 13.8 Å². The number of aromatic nitrogens is 2. The predicted octanol–water partition coefficient (Wildman–Crippen LogP) is 5.47. The Morgan fingerprint density at radius 3 is 2.33 bits per heavy atom. The van der Waals surface area contributed by atoms with Gasteiger partial charge in [0.05, 0.1) is 26.2 Å². The van der Waals surface area contributed by atoms with E-state index in [1.54, 1.807) is 20.0 Å². The molecule has 0 atom stereocenters. The minimum absolute atomic E-state index is 0.0391. The van der Waals surface area contributed by atoms with Gasteiger partial charge in [0.15, 0.2) is 23.1 Å². The number of methoxy groups -OCH3 is 2. The molecule has 3 heterocycles. The monoisotopic (exact) mass is 517 g/mol. The third kappa shape index (κ3) is 4.48. The summed E-state index contributed by atoms with van der Waals surface area (Å²) >= 11 is 0. The molecule has 2 aromatic heterocycles. The van der Waals surface area contributed by atoms with Gasteiger partial charge in [-0.05, 0) is 37.1 Å². The molecule has 0 aliphatic carbocycles. The van der Waals surface area contributed by atoms with Gasteiger partial charge in [-0.1, -0.05) is 19.6 Å². The van der Waals surface area contributed by atoms with E-state index in [-0.39, 0.29) is 18.0 Å². The fourth-order valence-electron chi connectivity index (χ4n) is 4.66. The van der Waals surface area contributed by atoms with Crippen LogP contribution >= 0.6 is 0 Å². The van der Waals surface area contributed by atoms with Crippen molar-refractivity contribution >= 4 is 30.7 Å².